The fourth-order valence-electron chi connectivity index (χ4n) is 1.75. The molecule has 3 N–H and O–H groups in total. The van der Waals surface area contributed by atoms with Gasteiger partial charge >= 0.3 is 0 Å². The van der Waals surface area contributed by atoms with Crippen molar-refractivity contribution in [3.63, 3.8) is 0 Å². The second-order valence-corrected chi connectivity index (χ2v) is 3.80. The summed E-state index contributed by atoms with van der Waals surface area (Å²) in [5.74, 6) is 0.950. The second kappa shape index (κ2) is 5.55. The zero-order valence-corrected chi connectivity index (χ0v) is 10.2. The van der Waals surface area contributed by atoms with Gasteiger partial charge in [0, 0.05) is 6.54 Å². The van der Waals surface area contributed by atoms with Gasteiger partial charge in [0.1, 0.15) is 5.58 Å². The standard InChI is InChI=1S/C13H16N2O3/c1-2-15-12(16)8-17-13-9-5-3-4-6-10(9)18-11(13)7-14/h3-6H,2,7-8,14H2,1H3,(H,15,16). The number of likely N-dealkylation sites (N-methyl/N-ethyl adjacent to an activating group) is 1. The van der Waals surface area contributed by atoms with Crippen molar-refractivity contribution in [3.8, 4) is 5.75 Å². The van der Waals surface area contributed by atoms with E-state index in [1.165, 1.54) is 0 Å². The van der Waals surface area contributed by atoms with Gasteiger partial charge in [-0.05, 0) is 19.1 Å². The molecule has 1 aromatic heterocycles. The summed E-state index contributed by atoms with van der Waals surface area (Å²) in [6.07, 6.45) is 0. The van der Waals surface area contributed by atoms with Crippen LogP contribution in [0.4, 0.5) is 0 Å². The lowest BCUT2D eigenvalue weighted by Gasteiger charge is -2.05. The molecule has 0 aliphatic heterocycles. The van der Waals surface area contributed by atoms with Crippen LogP contribution in [0, 0.1) is 0 Å². The van der Waals surface area contributed by atoms with Gasteiger partial charge in [0.2, 0.25) is 0 Å². The lowest BCUT2D eigenvalue weighted by molar-refractivity contribution is -0.122. The minimum absolute atomic E-state index is 0.0373. The molecule has 0 spiro atoms. The van der Waals surface area contributed by atoms with Gasteiger partial charge in [0.05, 0.1) is 11.9 Å². The monoisotopic (exact) mass is 248 g/mol. The third-order valence-electron chi connectivity index (χ3n) is 2.53. The Balaban J connectivity index is 2.23. The summed E-state index contributed by atoms with van der Waals surface area (Å²) >= 11 is 0. The molecule has 0 saturated carbocycles. The highest BCUT2D eigenvalue weighted by molar-refractivity contribution is 5.86. The van der Waals surface area contributed by atoms with E-state index in [1.807, 2.05) is 31.2 Å². The van der Waals surface area contributed by atoms with Crippen molar-refractivity contribution < 1.29 is 13.9 Å². The molecule has 5 nitrogen and oxygen atoms in total. The number of ether oxygens (including phenoxy) is 1. The van der Waals surface area contributed by atoms with Gasteiger partial charge in [-0.2, -0.15) is 0 Å². The Hall–Kier alpha value is -2.01. The van der Waals surface area contributed by atoms with Crippen molar-refractivity contribution in [3.05, 3.63) is 30.0 Å². The molecule has 0 radical (unpaired) electrons. The van der Waals surface area contributed by atoms with Crippen LogP contribution in [0.15, 0.2) is 28.7 Å². The fourth-order valence-corrected chi connectivity index (χ4v) is 1.75. The zero-order valence-electron chi connectivity index (χ0n) is 10.2. The minimum Gasteiger partial charge on any atom is -0.479 e. The summed E-state index contributed by atoms with van der Waals surface area (Å²) in [7, 11) is 0. The van der Waals surface area contributed by atoms with Crippen LogP contribution in [0.5, 0.6) is 5.75 Å². The number of hydrogen-bond acceptors (Lipinski definition) is 4. The average Bonchev–Trinajstić information content (AvgIpc) is 2.74. The van der Waals surface area contributed by atoms with E-state index >= 15 is 0 Å². The van der Waals surface area contributed by atoms with Crippen LogP contribution < -0.4 is 15.8 Å². The Morgan fingerprint density at radius 2 is 2.22 bits per heavy atom. The molecule has 5 heteroatoms. The summed E-state index contributed by atoms with van der Waals surface area (Å²) < 4.78 is 11.1. The molecule has 18 heavy (non-hydrogen) atoms. The highest BCUT2D eigenvalue weighted by Gasteiger charge is 2.15. The van der Waals surface area contributed by atoms with Crippen LogP contribution in [0.25, 0.3) is 11.0 Å². The number of amides is 1. The minimum atomic E-state index is -0.161. The summed E-state index contributed by atoms with van der Waals surface area (Å²) in [5, 5.41) is 3.50. The normalized spacial score (nSPS) is 10.6. The molecule has 2 aromatic rings. The van der Waals surface area contributed by atoms with Crippen molar-refractivity contribution in [1.29, 1.82) is 0 Å². The highest BCUT2D eigenvalue weighted by atomic mass is 16.5. The first-order valence-corrected chi connectivity index (χ1v) is 5.86. The molecule has 0 aliphatic rings. The maximum atomic E-state index is 11.4. The van der Waals surface area contributed by atoms with Gasteiger partial charge in [-0.25, -0.2) is 0 Å². The van der Waals surface area contributed by atoms with E-state index in [-0.39, 0.29) is 19.1 Å². The molecule has 0 unspecified atom stereocenters. The Kier molecular flexibility index (Phi) is 3.84. The molecule has 1 heterocycles. The van der Waals surface area contributed by atoms with Gasteiger partial charge in [-0.3, -0.25) is 4.79 Å². The highest BCUT2D eigenvalue weighted by Crippen LogP contribution is 2.32. The number of nitrogens with one attached hydrogen (secondary N) is 1. The number of rotatable bonds is 5. The first-order chi connectivity index (χ1) is 8.76. The van der Waals surface area contributed by atoms with Crippen LogP contribution in [0.3, 0.4) is 0 Å². The fraction of sp³-hybridized carbons (Fsp3) is 0.308. The van der Waals surface area contributed by atoms with Crippen molar-refractivity contribution in [1.82, 2.24) is 5.32 Å². The maximum absolute atomic E-state index is 11.4. The van der Waals surface area contributed by atoms with E-state index in [2.05, 4.69) is 5.32 Å². The van der Waals surface area contributed by atoms with E-state index in [0.717, 1.165) is 5.39 Å². The van der Waals surface area contributed by atoms with Crippen LogP contribution in [-0.4, -0.2) is 19.1 Å². The number of nitrogens with two attached hydrogens (primary N) is 1. The van der Waals surface area contributed by atoms with Crippen LogP contribution in [0.1, 0.15) is 12.7 Å². The predicted molar refractivity (Wildman–Crippen MR) is 68.3 cm³/mol. The number of carbonyl (C=O) groups excluding carboxylic acids is 1. The summed E-state index contributed by atoms with van der Waals surface area (Å²) in [6, 6.07) is 7.48. The SMILES string of the molecule is CCNC(=O)COc1c(CN)oc2ccccc12. The van der Waals surface area contributed by atoms with Gasteiger partial charge in [-0.15, -0.1) is 0 Å². The molecule has 1 amide bonds. The van der Waals surface area contributed by atoms with Gasteiger partial charge in [0.25, 0.3) is 5.91 Å². The number of benzene rings is 1. The molecular formula is C13H16N2O3. The topological polar surface area (TPSA) is 77.5 Å². The predicted octanol–water partition coefficient (Wildman–Crippen LogP) is 1.41. The number of hydrogen-bond donors (Lipinski definition) is 2. The third kappa shape index (κ3) is 2.46. The van der Waals surface area contributed by atoms with E-state index in [9.17, 15) is 4.79 Å². The molecule has 1 aromatic carbocycles. The first-order valence-electron chi connectivity index (χ1n) is 5.86. The Morgan fingerprint density at radius 1 is 1.44 bits per heavy atom. The van der Waals surface area contributed by atoms with E-state index in [1.54, 1.807) is 0 Å². The van der Waals surface area contributed by atoms with Gasteiger partial charge < -0.3 is 20.2 Å². The summed E-state index contributed by atoms with van der Waals surface area (Å²) in [5.41, 5.74) is 6.32. The Morgan fingerprint density at radius 3 is 2.94 bits per heavy atom. The van der Waals surface area contributed by atoms with Gasteiger partial charge in [0.15, 0.2) is 18.1 Å². The van der Waals surface area contributed by atoms with E-state index in [4.69, 9.17) is 14.9 Å². The number of fused-ring (bicyclic) bond motifs is 1. The Bertz CT molecular complexity index is 548. The Labute approximate surface area is 105 Å². The molecule has 0 aliphatic carbocycles. The quantitative estimate of drug-likeness (QED) is 0.838. The van der Waals surface area contributed by atoms with E-state index < -0.39 is 0 Å². The van der Waals surface area contributed by atoms with E-state index in [0.29, 0.717) is 23.6 Å². The molecule has 0 fully saturated rings. The van der Waals surface area contributed by atoms with Crippen molar-refractivity contribution in [2.45, 2.75) is 13.5 Å². The maximum Gasteiger partial charge on any atom is 0.257 e. The number of carbonyl (C=O) groups is 1. The average molecular weight is 248 g/mol. The largest absolute Gasteiger partial charge is 0.479 e. The molecule has 0 atom stereocenters. The summed E-state index contributed by atoms with van der Waals surface area (Å²) in [4.78, 5) is 11.4. The number of furan rings is 1. The smallest absolute Gasteiger partial charge is 0.257 e. The number of para-hydroxylation sites is 1. The molecule has 96 valence electrons. The molecule has 0 saturated heterocycles. The van der Waals surface area contributed by atoms with Crippen molar-refractivity contribution in [2.75, 3.05) is 13.2 Å². The van der Waals surface area contributed by atoms with Crippen LogP contribution in [-0.2, 0) is 11.3 Å². The molecule has 0 bridgehead atoms. The van der Waals surface area contributed by atoms with Crippen molar-refractivity contribution >= 4 is 16.9 Å². The summed E-state index contributed by atoms with van der Waals surface area (Å²) in [6.45, 7) is 2.64. The molecular weight excluding hydrogens is 232 g/mol. The van der Waals surface area contributed by atoms with Crippen molar-refractivity contribution in [2.24, 2.45) is 5.73 Å². The van der Waals surface area contributed by atoms with Gasteiger partial charge in [-0.1, -0.05) is 12.1 Å². The third-order valence-corrected chi connectivity index (χ3v) is 2.53. The molecule has 2 rings (SSSR count). The first kappa shape index (κ1) is 12.4. The second-order valence-electron chi connectivity index (χ2n) is 3.80. The zero-order chi connectivity index (χ0) is 13.0. The van der Waals surface area contributed by atoms with Crippen LogP contribution >= 0.6 is 0 Å². The lowest BCUT2D eigenvalue weighted by atomic mass is 10.2. The van der Waals surface area contributed by atoms with Crippen LogP contribution in [0.2, 0.25) is 0 Å². The lowest BCUT2D eigenvalue weighted by Crippen LogP contribution is -2.28.